The highest BCUT2D eigenvalue weighted by Gasteiger charge is 2.17. The van der Waals surface area contributed by atoms with E-state index in [0.29, 0.717) is 5.56 Å². The lowest BCUT2D eigenvalue weighted by Gasteiger charge is -2.08. The highest BCUT2D eigenvalue weighted by Crippen LogP contribution is 2.30. The third-order valence-corrected chi connectivity index (χ3v) is 2.69. The van der Waals surface area contributed by atoms with Crippen LogP contribution in [0.3, 0.4) is 0 Å². The average Bonchev–Trinajstić information content (AvgIpc) is 2.37. The zero-order valence-corrected chi connectivity index (χ0v) is 10.3. The summed E-state index contributed by atoms with van der Waals surface area (Å²) in [6.45, 7) is 1.81. The van der Waals surface area contributed by atoms with E-state index in [1.165, 1.54) is 12.1 Å². The van der Waals surface area contributed by atoms with Crippen LogP contribution in [-0.4, -0.2) is 4.92 Å². The Morgan fingerprint density at radius 3 is 2.53 bits per heavy atom. The molecule has 0 N–H and O–H groups in total. The first-order valence-corrected chi connectivity index (χ1v) is 5.69. The predicted octanol–water partition coefficient (Wildman–Crippen LogP) is 3.62. The van der Waals surface area contributed by atoms with Crippen molar-refractivity contribution in [1.82, 2.24) is 0 Å². The van der Waals surface area contributed by atoms with Crippen molar-refractivity contribution in [1.29, 1.82) is 0 Å². The molecule has 0 aliphatic heterocycles. The summed E-state index contributed by atoms with van der Waals surface area (Å²) in [4.78, 5) is 10.5. The fraction of sp³-hybridized carbons (Fsp3) is 0.143. The summed E-state index contributed by atoms with van der Waals surface area (Å²) < 4.78 is 18.2. The number of hydrogen-bond acceptors (Lipinski definition) is 3. The van der Waals surface area contributed by atoms with Gasteiger partial charge in [-0.15, -0.1) is 0 Å². The van der Waals surface area contributed by atoms with Crippen LogP contribution in [-0.2, 0) is 6.61 Å². The molecular formula is C14H12FNO3. The second kappa shape index (κ2) is 5.48. The van der Waals surface area contributed by atoms with Gasteiger partial charge in [0.1, 0.15) is 12.4 Å². The van der Waals surface area contributed by atoms with Gasteiger partial charge in [-0.05, 0) is 30.7 Å². The van der Waals surface area contributed by atoms with Gasteiger partial charge >= 0.3 is 5.69 Å². The minimum absolute atomic E-state index is 0.0374. The van der Waals surface area contributed by atoms with Crippen LogP contribution >= 0.6 is 0 Å². The molecule has 5 heteroatoms. The molecule has 0 atom stereocenters. The van der Waals surface area contributed by atoms with Gasteiger partial charge in [-0.2, -0.15) is 0 Å². The van der Waals surface area contributed by atoms with Crippen LogP contribution in [0.5, 0.6) is 5.75 Å². The Morgan fingerprint density at radius 2 is 1.89 bits per heavy atom. The lowest BCUT2D eigenvalue weighted by atomic mass is 10.2. The molecule has 0 radical (unpaired) electrons. The van der Waals surface area contributed by atoms with Crippen LogP contribution in [0.2, 0.25) is 0 Å². The Kier molecular flexibility index (Phi) is 3.75. The van der Waals surface area contributed by atoms with Crippen LogP contribution in [0.15, 0.2) is 42.5 Å². The van der Waals surface area contributed by atoms with Crippen LogP contribution in [0, 0.1) is 22.9 Å². The molecule has 0 aliphatic carbocycles. The first-order chi connectivity index (χ1) is 9.08. The molecule has 0 amide bonds. The summed E-state index contributed by atoms with van der Waals surface area (Å²) in [5.74, 6) is -0.111. The zero-order valence-electron chi connectivity index (χ0n) is 10.3. The van der Waals surface area contributed by atoms with Crippen molar-refractivity contribution in [2.24, 2.45) is 0 Å². The Bertz CT molecular complexity index is 596. The Labute approximate surface area is 109 Å². The van der Waals surface area contributed by atoms with Crippen molar-refractivity contribution in [3.05, 3.63) is 69.5 Å². The highest BCUT2D eigenvalue weighted by molar-refractivity contribution is 5.52. The number of hydrogen-bond donors (Lipinski definition) is 0. The van der Waals surface area contributed by atoms with Crippen molar-refractivity contribution in [3.63, 3.8) is 0 Å². The average molecular weight is 261 g/mol. The Hall–Kier alpha value is -2.43. The van der Waals surface area contributed by atoms with Gasteiger partial charge in [0.2, 0.25) is 0 Å². The van der Waals surface area contributed by atoms with Crippen molar-refractivity contribution in [3.8, 4) is 5.75 Å². The number of halogens is 1. The number of ether oxygens (including phenoxy) is 1. The van der Waals surface area contributed by atoms with E-state index in [-0.39, 0.29) is 23.9 Å². The van der Waals surface area contributed by atoms with Gasteiger partial charge in [-0.3, -0.25) is 10.1 Å². The second-order valence-corrected chi connectivity index (χ2v) is 4.09. The minimum Gasteiger partial charge on any atom is -0.482 e. The van der Waals surface area contributed by atoms with Crippen molar-refractivity contribution in [2.75, 3.05) is 0 Å². The van der Waals surface area contributed by atoms with Gasteiger partial charge < -0.3 is 4.74 Å². The number of rotatable bonds is 4. The summed E-state index contributed by atoms with van der Waals surface area (Å²) in [7, 11) is 0. The quantitative estimate of drug-likeness (QED) is 0.624. The largest absolute Gasteiger partial charge is 0.482 e. The molecule has 2 aromatic rings. The van der Waals surface area contributed by atoms with Gasteiger partial charge in [-0.1, -0.05) is 24.3 Å². The lowest BCUT2D eigenvalue weighted by Crippen LogP contribution is -2.00. The number of aryl methyl sites for hydroxylation is 1. The zero-order chi connectivity index (χ0) is 13.8. The van der Waals surface area contributed by atoms with E-state index in [9.17, 15) is 14.5 Å². The van der Waals surface area contributed by atoms with Gasteiger partial charge in [0.05, 0.1) is 4.92 Å². The fourth-order valence-corrected chi connectivity index (χ4v) is 1.72. The van der Waals surface area contributed by atoms with Gasteiger partial charge in [0.15, 0.2) is 5.75 Å². The van der Waals surface area contributed by atoms with E-state index in [1.807, 2.05) is 0 Å². The first-order valence-electron chi connectivity index (χ1n) is 5.69. The molecule has 0 fully saturated rings. The van der Waals surface area contributed by atoms with Gasteiger partial charge in [0.25, 0.3) is 0 Å². The van der Waals surface area contributed by atoms with Crippen LogP contribution < -0.4 is 4.74 Å². The van der Waals surface area contributed by atoms with Crippen molar-refractivity contribution in [2.45, 2.75) is 13.5 Å². The molecule has 0 heterocycles. The molecular weight excluding hydrogens is 249 g/mol. The third-order valence-electron chi connectivity index (χ3n) is 2.69. The topological polar surface area (TPSA) is 52.4 Å². The molecule has 0 bridgehead atoms. The first kappa shape index (κ1) is 13.0. The third kappa shape index (κ3) is 3.07. The number of para-hydroxylation sites is 1. The maximum Gasteiger partial charge on any atom is 0.313 e. The molecule has 0 aromatic heterocycles. The number of nitro benzene ring substituents is 1. The summed E-state index contributed by atoms with van der Waals surface area (Å²) in [5.41, 5.74) is 1.25. The maximum absolute atomic E-state index is 12.7. The smallest absolute Gasteiger partial charge is 0.313 e. The highest BCUT2D eigenvalue weighted by atomic mass is 19.1. The molecule has 19 heavy (non-hydrogen) atoms. The molecule has 0 aliphatic rings. The standard InChI is InChI=1S/C14H12FNO3/c1-10-3-2-4-13(14(10)16(17)18)19-9-11-5-7-12(15)8-6-11/h2-8H,9H2,1H3. The summed E-state index contributed by atoms with van der Waals surface area (Å²) in [6.07, 6.45) is 0. The normalized spacial score (nSPS) is 10.2. The number of nitro groups is 1. The number of nitrogens with zero attached hydrogens (tertiary/aromatic N) is 1. The molecule has 98 valence electrons. The van der Waals surface area contributed by atoms with E-state index < -0.39 is 4.92 Å². The van der Waals surface area contributed by atoms with Gasteiger partial charge in [0, 0.05) is 5.56 Å². The van der Waals surface area contributed by atoms with E-state index in [0.717, 1.165) is 5.56 Å². The van der Waals surface area contributed by atoms with Gasteiger partial charge in [-0.25, -0.2) is 4.39 Å². The second-order valence-electron chi connectivity index (χ2n) is 4.09. The number of benzene rings is 2. The molecule has 0 saturated carbocycles. The molecule has 0 unspecified atom stereocenters. The van der Waals surface area contributed by atoms with E-state index >= 15 is 0 Å². The van der Waals surface area contributed by atoms with Crippen LogP contribution in [0.4, 0.5) is 10.1 Å². The monoisotopic (exact) mass is 261 g/mol. The predicted molar refractivity (Wildman–Crippen MR) is 68.6 cm³/mol. The molecule has 0 saturated heterocycles. The molecule has 4 nitrogen and oxygen atoms in total. The lowest BCUT2D eigenvalue weighted by molar-refractivity contribution is -0.386. The molecule has 2 aromatic carbocycles. The van der Waals surface area contributed by atoms with Crippen LogP contribution in [0.25, 0.3) is 0 Å². The maximum atomic E-state index is 12.7. The fourth-order valence-electron chi connectivity index (χ4n) is 1.72. The minimum atomic E-state index is -0.463. The molecule has 2 rings (SSSR count). The van der Waals surface area contributed by atoms with Crippen LogP contribution in [0.1, 0.15) is 11.1 Å². The Morgan fingerprint density at radius 1 is 1.21 bits per heavy atom. The molecule has 0 spiro atoms. The van der Waals surface area contributed by atoms with Crippen molar-refractivity contribution < 1.29 is 14.1 Å². The summed E-state index contributed by atoms with van der Waals surface area (Å²) >= 11 is 0. The summed E-state index contributed by atoms with van der Waals surface area (Å²) in [5, 5.41) is 11.0. The van der Waals surface area contributed by atoms with E-state index in [2.05, 4.69) is 0 Å². The van der Waals surface area contributed by atoms with E-state index in [1.54, 1.807) is 37.3 Å². The summed E-state index contributed by atoms with van der Waals surface area (Å²) in [6, 6.07) is 10.7. The SMILES string of the molecule is Cc1cccc(OCc2ccc(F)cc2)c1[N+](=O)[O-]. The van der Waals surface area contributed by atoms with Crippen molar-refractivity contribution >= 4 is 5.69 Å². The Balaban J connectivity index is 2.18. The van der Waals surface area contributed by atoms with E-state index in [4.69, 9.17) is 4.74 Å².